The molecule has 0 aliphatic carbocycles. The number of benzene rings is 2. The quantitative estimate of drug-likeness (QED) is 0.402. The lowest BCUT2D eigenvalue weighted by Crippen LogP contribution is -2.13. The van der Waals surface area contributed by atoms with E-state index in [2.05, 4.69) is 21.2 Å². The summed E-state index contributed by atoms with van der Waals surface area (Å²) < 4.78 is 11.6. The van der Waals surface area contributed by atoms with Gasteiger partial charge in [0.05, 0.1) is 24.3 Å². The molecule has 8 heteroatoms. The molecule has 2 aromatic rings. The van der Waals surface area contributed by atoms with Crippen molar-refractivity contribution in [1.29, 1.82) is 0 Å². The fourth-order valence-electron chi connectivity index (χ4n) is 2.07. The van der Waals surface area contributed by atoms with Crippen LogP contribution < -0.4 is 14.8 Å². The molecule has 0 aliphatic rings. The van der Waals surface area contributed by atoms with Crippen molar-refractivity contribution in [2.45, 2.75) is 12.8 Å². The molecular formula is C17H17BrN2O5. The van der Waals surface area contributed by atoms with Crippen molar-refractivity contribution < 1.29 is 19.2 Å². The third-order valence-corrected chi connectivity index (χ3v) is 3.83. The zero-order chi connectivity index (χ0) is 18.2. The maximum absolute atomic E-state index is 12.0. The molecule has 2 aromatic carbocycles. The molecule has 132 valence electrons. The minimum absolute atomic E-state index is 0.116. The number of halogens is 1. The van der Waals surface area contributed by atoms with Gasteiger partial charge >= 0.3 is 0 Å². The monoisotopic (exact) mass is 408 g/mol. The third-order valence-electron chi connectivity index (χ3n) is 3.30. The molecule has 2 rings (SSSR count). The molecule has 1 N–H and O–H groups in total. The molecule has 0 aliphatic heterocycles. The van der Waals surface area contributed by atoms with Gasteiger partial charge in [0.2, 0.25) is 5.91 Å². The van der Waals surface area contributed by atoms with Crippen LogP contribution in [0.3, 0.4) is 0 Å². The Balaban J connectivity index is 1.84. The Hall–Kier alpha value is -2.61. The number of carbonyl (C=O) groups is 1. The van der Waals surface area contributed by atoms with Crippen LogP contribution in [0.25, 0.3) is 0 Å². The number of carbonyl (C=O) groups excluding carboxylic acids is 1. The minimum atomic E-state index is -0.527. The first-order chi connectivity index (χ1) is 12.0. The molecule has 0 fully saturated rings. The zero-order valence-corrected chi connectivity index (χ0v) is 15.1. The zero-order valence-electron chi connectivity index (χ0n) is 13.5. The average molecular weight is 409 g/mol. The molecule has 0 atom stereocenters. The van der Waals surface area contributed by atoms with E-state index in [1.54, 1.807) is 0 Å². The predicted molar refractivity (Wildman–Crippen MR) is 97.1 cm³/mol. The van der Waals surface area contributed by atoms with Crippen molar-refractivity contribution in [2.24, 2.45) is 0 Å². The van der Waals surface area contributed by atoms with E-state index < -0.39 is 4.92 Å². The number of hydrogen-bond donors (Lipinski definition) is 1. The van der Waals surface area contributed by atoms with E-state index in [1.165, 1.54) is 25.3 Å². The van der Waals surface area contributed by atoms with Gasteiger partial charge in [-0.05, 0) is 36.8 Å². The number of ether oxygens (including phenoxy) is 2. The van der Waals surface area contributed by atoms with Crippen molar-refractivity contribution in [3.8, 4) is 11.5 Å². The number of nitro groups is 1. The van der Waals surface area contributed by atoms with Crippen LogP contribution in [0.4, 0.5) is 11.4 Å². The van der Waals surface area contributed by atoms with Gasteiger partial charge in [-0.25, -0.2) is 0 Å². The molecule has 0 aromatic heterocycles. The summed E-state index contributed by atoms with van der Waals surface area (Å²) in [7, 11) is 1.43. The van der Waals surface area contributed by atoms with Crippen molar-refractivity contribution in [2.75, 3.05) is 19.0 Å². The van der Waals surface area contributed by atoms with Crippen molar-refractivity contribution >= 4 is 33.2 Å². The molecule has 0 unspecified atom stereocenters. The fourth-order valence-corrected chi connectivity index (χ4v) is 2.34. The van der Waals surface area contributed by atoms with Crippen molar-refractivity contribution in [3.05, 3.63) is 57.1 Å². The molecule has 0 saturated heterocycles. The molecule has 7 nitrogen and oxygen atoms in total. The van der Waals surface area contributed by atoms with Crippen LogP contribution in [0.2, 0.25) is 0 Å². The van der Waals surface area contributed by atoms with Gasteiger partial charge in [-0.1, -0.05) is 15.9 Å². The lowest BCUT2D eigenvalue weighted by Gasteiger charge is -2.10. The van der Waals surface area contributed by atoms with Gasteiger partial charge in [-0.2, -0.15) is 0 Å². The van der Waals surface area contributed by atoms with Crippen LogP contribution >= 0.6 is 15.9 Å². The smallest absolute Gasteiger partial charge is 0.271 e. The number of nitrogens with zero attached hydrogens (tertiary/aromatic N) is 1. The Morgan fingerprint density at radius 1 is 1.24 bits per heavy atom. The number of hydrogen-bond acceptors (Lipinski definition) is 5. The first-order valence-corrected chi connectivity index (χ1v) is 8.29. The van der Waals surface area contributed by atoms with Gasteiger partial charge in [0.1, 0.15) is 11.5 Å². The molecular weight excluding hydrogens is 392 g/mol. The molecule has 0 radical (unpaired) electrons. The summed E-state index contributed by atoms with van der Waals surface area (Å²) in [6.07, 6.45) is 0.738. The number of nitrogens with one attached hydrogen (secondary N) is 1. The van der Waals surface area contributed by atoms with Crippen LogP contribution in [-0.2, 0) is 4.79 Å². The molecule has 25 heavy (non-hydrogen) atoms. The van der Waals surface area contributed by atoms with Crippen LogP contribution in [0.1, 0.15) is 12.8 Å². The largest absolute Gasteiger partial charge is 0.495 e. The second-order valence-corrected chi connectivity index (χ2v) is 6.01. The lowest BCUT2D eigenvalue weighted by molar-refractivity contribution is -0.384. The van der Waals surface area contributed by atoms with Crippen LogP contribution in [0.5, 0.6) is 11.5 Å². The summed E-state index contributed by atoms with van der Waals surface area (Å²) in [5.41, 5.74) is 0.158. The van der Waals surface area contributed by atoms with E-state index in [4.69, 9.17) is 9.47 Å². The van der Waals surface area contributed by atoms with E-state index in [9.17, 15) is 14.9 Å². The highest BCUT2D eigenvalue weighted by molar-refractivity contribution is 9.10. The maximum atomic E-state index is 12.0. The number of non-ortho nitro benzene ring substituents is 1. The standard InChI is InChI=1S/C17H17BrN2O5/c1-24-16-9-6-13(20(22)23)11-15(16)19-17(21)3-2-10-25-14-7-4-12(18)5-8-14/h4-9,11H,2-3,10H2,1H3,(H,19,21). The Kier molecular flexibility index (Phi) is 6.76. The van der Waals surface area contributed by atoms with E-state index in [1.807, 2.05) is 24.3 Å². The maximum Gasteiger partial charge on any atom is 0.271 e. The second-order valence-electron chi connectivity index (χ2n) is 5.10. The Labute approximate surface area is 153 Å². The van der Waals surface area contributed by atoms with Crippen molar-refractivity contribution in [1.82, 2.24) is 0 Å². The fraction of sp³-hybridized carbons (Fsp3) is 0.235. The second kappa shape index (κ2) is 9.03. The Bertz CT molecular complexity index is 749. The number of amides is 1. The van der Waals surface area contributed by atoms with Crippen molar-refractivity contribution in [3.63, 3.8) is 0 Å². The average Bonchev–Trinajstić information content (AvgIpc) is 2.60. The molecule has 0 bridgehead atoms. The van der Waals surface area contributed by atoms with Crippen LogP contribution in [0, 0.1) is 10.1 Å². The van der Waals surface area contributed by atoms with E-state index in [0.717, 1.165) is 10.2 Å². The molecule has 0 heterocycles. The van der Waals surface area contributed by atoms with Gasteiger partial charge < -0.3 is 14.8 Å². The Morgan fingerprint density at radius 3 is 2.60 bits per heavy atom. The summed E-state index contributed by atoms with van der Waals surface area (Å²) >= 11 is 3.34. The van der Waals surface area contributed by atoms with Gasteiger partial charge in [0.25, 0.3) is 5.69 Å². The first kappa shape index (κ1) is 18.7. The third kappa shape index (κ3) is 5.75. The van der Waals surface area contributed by atoms with Gasteiger partial charge in [-0.15, -0.1) is 0 Å². The predicted octanol–water partition coefficient (Wildman–Crippen LogP) is 4.16. The normalized spacial score (nSPS) is 10.2. The summed E-state index contributed by atoms with van der Waals surface area (Å²) in [6, 6.07) is 11.4. The number of nitro benzene ring substituents is 1. The van der Waals surface area contributed by atoms with Gasteiger partial charge in [-0.3, -0.25) is 14.9 Å². The minimum Gasteiger partial charge on any atom is -0.495 e. The summed E-state index contributed by atoms with van der Waals surface area (Å²) in [5, 5.41) is 13.5. The highest BCUT2D eigenvalue weighted by Gasteiger charge is 2.13. The number of methoxy groups -OCH3 is 1. The topological polar surface area (TPSA) is 90.7 Å². The van der Waals surface area contributed by atoms with Crippen LogP contribution in [-0.4, -0.2) is 24.5 Å². The SMILES string of the molecule is COc1ccc([N+](=O)[O-])cc1NC(=O)CCCOc1ccc(Br)cc1. The van der Waals surface area contributed by atoms with E-state index >= 15 is 0 Å². The summed E-state index contributed by atoms with van der Waals surface area (Å²) in [6.45, 7) is 0.390. The van der Waals surface area contributed by atoms with E-state index in [-0.39, 0.29) is 23.7 Å². The van der Waals surface area contributed by atoms with E-state index in [0.29, 0.717) is 18.8 Å². The van der Waals surface area contributed by atoms with Gasteiger partial charge in [0.15, 0.2) is 0 Å². The molecule has 0 spiro atoms. The molecule has 0 saturated carbocycles. The van der Waals surface area contributed by atoms with Crippen LogP contribution in [0.15, 0.2) is 46.9 Å². The summed E-state index contributed by atoms with van der Waals surface area (Å²) in [5.74, 6) is 0.826. The highest BCUT2D eigenvalue weighted by Crippen LogP contribution is 2.29. The first-order valence-electron chi connectivity index (χ1n) is 7.50. The molecule has 1 amide bonds. The Morgan fingerprint density at radius 2 is 1.96 bits per heavy atom. The lowest BCUT2D eigenvalue weighted by atomic mass is 10.2. The summed E-state index contributed by atoms with van der Waals surface area (Å²) in [4.78, 5) is 22.3. The highest BCUT2D eigenvalue weighted by atomic mass is 79.9. The number of rotatable bonds is 8. The number of anilines is 1. The van der Waals surface area contributed by atoms with Gasteiger partial charge in [0, 0.05) is 23.0 Å².